The average molecular weight is 278 g/mol. The van der Waals surface area contributed by atoms with Gasteiger partial charge in [-0.3, -0.25) is 4.68 Å². The Morgan fingerprint density at radius 1 is 1.55 bits per heavy atom. The number of carboxylic acids is 1. The fraction of sp³-hybridized carbons (Fsp3) is 0.231. The molecule has 106 valence electrons. The van der Waals surface area contributed by atoms with Crippen LogP contribution in [-0.4, -0.2) is 20.9 Å². The number of carbonyl (C=O) groups is 1. The van der Waals surface area contributed by atoms with E-state index in [9.17, 15) is 9.18 Å². The Hall–Kier alpha value is -2.57. The second-order valence-electron chi connectivity index (χ2n) is 4.42. The molecule has 0 aliphatic rings. The third kappa shape index (κ3) is 2.42. The molecule has 0 aliphatic carbocycles. The Morgan fingerprint density at radius 2 is 2.25 bits per heavy atom. The first-order valence-corrected chi connectivity index (χ1v) is 5.94. The Kier molecular flexibility index (Phi) is 3.60. The van der Waals surface area contributed by atoms with Gasteiger partial charge in [0.1, 0.15) is 11.4 Å². The summed E-state index contributed by atoms with van der Waals surface area (Å²) >= 11 is 0. The lowest BCUT2D eigenvalue weighted by atomic mass is 10.1. The molecule has 4 N–H and O–H groups in total. The number of hydrogen-bond acceptors (Lipinski definition) is 4. The standard InChI is InChI=1S/C13H15FN4O2/c1-7-8(6-17-18(7)2)5-16-10-4-3-9(14)12(15)11(10)13(19)20/h3-4,6,16H,5,15H2,1-2H3,(H,19,20). The first-order valence-electron chi connectivity index (χ1n) is 5.94. The third-order valence-electron chi connectivity index (χ3n) is 3.21. The normalized spacial score (nSPS) is 10.6. The van der Waals surface area contributed by atoms with E-state index in [0.29, 0.717) is 6.54 Å². The Bertz CT molecular complexity index is 667. The monoisotopic (exact) mass is 278 g/mol. The van der Waals surface area contributed by atoms with Crippen molar-refractivity contribution in [2.24, 2.45) is 7.05 Å². The van der Waals surface area contributed by atoms with Crippen molar-refractivity contribution in [2.75, 3.05) is 11.1 Å². The van der Waals surface area contributed by atoms with Crippen LogP contribution in [0.2, 0.25) is 0 Å². The van der Waals surface area contributed by atoms with Gasteiger partial charge in [-0.05, 0) is 19.1 Å². The van der Waals surface area contributed by atoms with E-state index in [0.717, 1.165) is 17.3 Å². The number of aromatic nitrogens is 2. The van der Waals surface area contributed by atoms with Crippen molar-refractivity contribution in [2.45, 2.75) is 13.5 Å². The van der Waals surface area contributed by atoms with Crippen LogP contribution in [-0.2, 0) is 13.6 Å². The highest BCUT2D eigenvalue weighted by molar-refractivity contribution is 6.00. The first kappa shape index (κ1) is 13.9. The molecule has 0 radical (unpaired) electrons. The summed E-state index contributed by atoms with van der Waals surface area (Å²) in [5, 5.41) is 16.2. The molecule has 0 amide bonds. The predicted molar refractivity (Wildman–Crippen MR) is 73.0 cm³/mol. The lowest BCUT2D eigenvalue weighted by molar-refractivity contribution is 0.0698. The lowest BCUT2D eigenvalue weighted by Crippen LogP contribution is -2.11. The van der Waals surface area contributed by atoms with Crippen molar-refractivity contribution in [3.05, 3.63) is 41.0 Å². The van der Waals surface area contributed by atoms with Gasteiger partial charge in [-0.15, -0.1) is 0 Å². The van der Waals surface area contributed by atoms with Crippen molar-refractivity contribution < 1.29 is 14.3 Å². The first-order chi connectivity index (χ1) is 9.41. The number of aromatic carboxylic acids is 1. The maximum Gasteiger partial charge on any atom is 0.340 e. The fourth-order valence-electron chi connectivity index (χ4n) is 1.88. The molecule has 7 heteroatoms. The zero-order chi connectivity index (χ0) is 14.9. The lowest BCUT2D eigenvalue weighted by Gasteiger charge is -2.12. The quantitative estimate of drug-likeness (QED) is 0.741. The molecule has 0 atom stereocenters. The minimum Gasteiger partial charge on any atom is -0.478 e. The SMILES string of the molecule is Cc1c(CNc2ccc(F)c(N)c2C(=O)O)cnn1C. The highest BCUT2D eigenvalue weighted by Gasteiger charge is 2.17. The molecule has 2 aromatic rings. The van der Waals surface area contributed by atoms with Crippen LogP contribution in [0.3, 0.4) is 0 Å². The van der Waals surface area contributed by atoms with Gasteiger partial charge < -0.3 is 16.2 Å². The Morgan fingerprint density at radius 3 is 2.80 bits per heavy atom. The van der Waals surface area contributed by atoms with Crippen molar-refractivity contribution in [3.63, 3.8) is 0 Å². The second-order valence-corrected chi connectivity index (χ2v) is 4.42. The summed E-state index contributed by atoms with van der Waals surface area (Å²) in [6, 6.07) is 2.50. The molecule has 6 nitrogen and oxygen atoms in total. The maximum atomic E-state index is 13.3. The molecule has 20 heavy (non-hydrogen) atoms. The molecule has 0 aliphatic heterocycles. The molecule has 1 aromatic heterocycles. The number of nitrogens with zero attached hydrogens (tertiary/aromatic N) is 2. The van der Waals surface area contributed by atoms with Crippen molar-refractivity contribution in [1.82, 2.24) is 9.78 Å². The molecule has 2 rings (SSSR count). The van der Waals surface area contributed by atoms with Gasteiger partial charge in [0.15, 0.2) is 0 Å². The minimum atomic E-state index is -1.27. The van der Waals surface area contributed by atoms with Crippen LogP contribution in [0, 0.1) is 12.7 Å². The van der Waals surface area contributed by atoms with E-state index in [1.165, 1.54) is 6.07 Å². The van der Waals surface area contributed by atoms with E-state index < -0.39 is 11.8 Å². The van der Waals surface area contributed by atoms with Crippen LogP contribution < -0.4 is 11.1 Å². The minimum absolute atomic E-state index is 0.258. The number of halogens is 1. The van der Waals surface area contributed by atoms with E-state index in [1.807, 2.05) is 14.0 Å². The van der Waals surface area contributed by atoms with E-state index >= 15 is 0 Å². The summed E-state index contributed by atoms with van der Waals surface area (Å²) in [7, 11) is 1.82. The van der Waals surface area contributed by atoms with Crippen molar-refractivity contribution >= 4 is 17.3 Å². The van der Waals surface area contributed by atoms with Crippen LogP contribution in [0.1, 0.15) is 21.6 Å². The molecule has 1 aromatic carbocycles. The van der Waals surface area contributed by atoms with Crippen LogP contribution in [0.4, 0.5) is 15.8 Å². The predicted octanol–water partition coefficient (Wildman–Crippen LogP) is 1.76. The number of anilines is 2. The number of nitrogens with one attached hydrogen (secondary N) is 1. The summed E-state index contributed by atoms with van der Waals surface area (Å²) in [4.78, 5) is 11.2. The van der Waals surface area contributed by atoms with Crippen molar-refractivity contribution in [3.8, 4) is 0 Å². The highest BCUT2D eigenvalue weighted by Crippen LogP contribution is 2.25. The number of aryl methyl sites for hydroxylation is 1. The van der Waals surface area contributed by atoms with Gasteiger partial charge in [0.05, 0.1) is 17.6 Å². The average Bonchev–Trinajstić information content (AvgIpc) is 2.71. The maximum absolute atomic E-state index is 13.3. The van der Waals surface area contributed by atoms with E-state index in [-0.39, 0.29) is 16.9 Å². The van der Waals surface area contributed by atoms with Gasteiger partial charge in [0.25, 0.3) is 0 Å². The zero-order valence-electron chi connectivity index (χ0n) is 11.1. The van der Waals surface area contributed by atoms with Gasteiger partial charge in [0, 0.05) is 24.8 Å². The van der Waals surface area contributed by atoms with E-state index in [2.05, 4.69) is 10.4 Å². The topological polar surface area (TPSA) is 93.2 Å². The molecule has 0 fully saturated rings. The molecular weight excluding hydrogens is 263 g/mol. The largest absolute Gasteiger partial charge is 0.478 e. The Balaban J connectivity index is 2.28. The van der Waals surface area contributed by atoms with Gasteiger partial charge >= 0.3 is 5.97 Å². The van der Waals surface area contributed by atoms with Gasteiger partial charge in [-0.1, -0.05) is 0 Å². The number of carboxylic acid groups (broad SMARTS) is 1. The van der Waals surface area contributed by atoms with Crippen LogP contribution in [0.15, 0.2) is 18.3 Å². The van der Waals surface area contributed by atoms with Gasteiger partial charge in [-0.2, -0.15) is 5.10 Å². The number of benzene rings is 1. The fourth-order valence-corrected chi connectivity index (χ4v) is 1.88. The van der Waals surface area contributed by atoms with Crippen LogP contribution in [0.25, 0.3) is 0 Å². The number of hydrogen-bond donors (Lipinski definition) is 3. The number of nitrogen functional groups attached to an aromatic ring is 1. The molecular formula is C13H15FN4O2. The Labute approximate surface area is 115 Å². The van der Waals surface area contributed by atoms with E-state index in [1.54, 1.807) is 10.9 Å². The molecule has 0 saturated heterocycles. The summed E-state index contributed by atoms with van der Waals surface area (Å²) in [6.07, 6.45) is 1.69. The molecule has 0 unspecified atom stereocenters. The summed E-state index contributed by atoms with van der Waals surface area (Å²) < 4.78 is 15.0. The highest BCUT2D eigenvalue weighted by atomic mass is 19.1. The molecule has 0 saturated carbocycles. The second kappa shape index (κ2) is 5.20. The smallest absolute Gasteiger partial charge is 0.340 e. The van der Waals surface area contributed by atoms with Crippen LogP contribution >= 0.6 is 0 Å². The van der Waals surface area contributed by atoms with Crippen molar-refractivity contribution in [1.29, 1.82) is 0 Å². The molecule has 1 heterocycles. The number of nitrogens with two attached hydrogens (primary N) is 1. The van der Waals surface area contributed by atoms with Gasteiger partial charge in [-0.25, -0.2) is 9.18 Å². The molecule has 0 bridgehead atoms. The van der Waals surface area contributed by atoms with Crippen LogP contribution in [0.5, 0.6) is 0 Å². The van der Waals surface area contributed by atoms with Gasteiger partial charge in [0.2, 0.25) is 0 Å². The zero-order valence-corrected chi connectivity index (χ0v) is 11.1. The summed E-state index contributed by atoms with van der Waals surface area (Å²) in [6.45, 7) is 2.28. The third-order valence-corrected chi connectivity index (χ3v) is 3.21. The number of rotatable bonds is 4. The van der Waals surface area contributed by atoms with E-state index in [4.69, 9.17) is 10.8 Å². The molecule has 0 spiro atoms. The summed E-state index contributed by atoms with van der Waals surface area (Å²) in [5.74, 6) is -2.02. The summed E-state index contributed by atoms with van der Waals surface area (Å²) in [5.41, 5.74) is 7.01.